The van der Waals surface area contributed by atoms with Crippen LogP contribution in [-0.4, -0.2) is 26.1 Å². The topological polar surface area (TPSA) is 94.0 Å². The van der Waals surface area contributed by atoms with E-state index in [0.717, 1.165) is 11.3 Å². The maximum Gasteiger partial charge on any atom is 0.358 e. The van der Waals surface area contributed by atoms with Gasteiger partial charge in [-0.15, -0.1) is 5.10 Å². The number of aromatic carboxylic acids is 1. The van der Waals surface area contributed by atoms with Crippen LogP contribution in [0.2, 0.25) is 0 Å². The molecule has 0 saturated heterocycles. The summed E-state index contributed by atoms with van der Waals surface area (Å²) >= 11 is 0. The second-order valence-corrected chi connectivity index (χ2v) is 4.96. The molecule has 3 rings (SSSR count). The number of nitrogen functional groups attached to an aromatic ring is 1. The highest BCUT2D eigenvalue weighted by molar-refractivity contribution is 5.93. The number of rotatable bonds is 3. The highest BCUT2D eigenvalue weighted by Gasteiger charge is 2.21. The van der Waals surface area contributed by atoms with Crippen molar-refractivity contribution in [3.05, 3.63) is 59.8 Å². The first kappa shape index (κ1) is 13.8. The van der Waals surface area contributed by atoms with Gasteiger partial charge in [0.25, 0.3) is 0 Å². The summed E-state index contributed by atoms with van der Waals surface area (Å²) < 4.78 is 1.51. The minimum absolute atomic E-state index is 0.105. The fraction of sp³-hybridized carbons (Fsp3) is 0.0625. The number of benzene rings is 2. The molecule has 0 fully saturated rings. The van der Waals surface area contributed by atoms with Gasteiger partial charge in [0.2, 0.25) is 0 Å². The molecule has 1 aromatic heterocycles. The molecule has 0 saturated carbocycles. The van der Waals surface area contributed by atoms with Gasteiger partial charge in [0.05, 0.1) is 5.69 Å². The highest BCUT2D eigenvalue weighted by Crippen LogP contribution is 2.26. The molecular formula is C16H14N4O2. The number of carbonyl (C=O) groups is 1. The number of hydrogen-bond acceptors (Lipinski definition) is 4. The molecule has 0 amide bonds. The van der Waals surface area contributed by atoms with Crippen LogP contribution in [0.4, 0.5) is 5.69 Å². The molecule has 0 spiro atoms. The Morgan fingerprint density at radius 3 is 2.55 bits per heavy atom. The van der Waals surface area contributed by atoms with E-state index in [1.165, 1.54) is 4.68 Å². The lowest BCUT2D eigenvalue weighted by Gasteiger charge is -2.08. The molecule has 0 bridgehead atoms. The molecule has 0 aliphatic heterocycles. The van der Waals surface area contributed by atoms with E-state index in [0.29, 0.717) is 16.9 Å². The summed E-state index contributed by atoms with van der Waals surface area (Å²) in [6.45, 7) is 1.98. The van der Waals surface area contributed by atoms with Gasteiger partial charge in [-0.1, -0.05) is 35.0 Å². The summed E-state index contributed by atoms with van der Waals surface area (Å²) in [7, 11) is 0. The van der Waals surface area contributed by atoms with Crippen LogP contribution in [0, 0.1) is 6.92 Å². The Kier molecular flexibility index (Phi) is 3.34. The van der Waals surface area contributed by atoms with E-state index in [-0.39, 0.29) is 5.69 Å². The van der Waals surface area contributed by atoms with Gasteiger partial charge < -0.3 is 10.8 Å². The van der Waals surface area contributed by atoms with Gasteiger partial charge in [-0.05, 0) is 31.2 Å². The Hall–Kier alpha value is -3.15. The maximum atomic E-state index is 11.4. The normalized spacial score (nSPS) is 10.6. The first-order valence-corrected chi connectivity index (χ1v) is 6.68. The molecule has 2 aromatic carbocycles. The minimum atomic E-state index is -1.13. The standard InChI is InChI=1S/C16H14N4O2/c1-10-5-7-13(8-6-10)20-15(14(16(21)22)18-19-20)11-3-2-4-12(17)9-11/h2-9H,17H2,1H3,(H,21,22). The Labute approximate surface area is 126 Å². The Bertz CT molecular complexity index is 838. The van der Waals surface area contributed by atoms with Gasteiger partial charge in [0.1, 0.15) is 5.69 Å². The van der Waals surface area contributed by atoms with Crippen molar-refractivity contribution in [2.45, 2.75) is 6.92 Å². The van der Waals surface area contributed by atoms with Crippen molar-refractivity contribution in [3.63, 3.8) is 0 Å². The van der Waals surface area contributed by atoms with E-state index in [9.17, 15) is 9.90 Å². The summed E-state index contributed by atoms with van der Waals surface area (Å²) in [6.07, 6.45) is 0. The van der Waals surface area contributed by atoms with Crippen molar-refractivity contribution in [1.29, 1.82) is 0 Å². The molecule has 0 radical (unpaired) electrons. The quantitative estimate of drug-likeness (QED) is 0.724. The Balaban J connectivity index is 2.24. The van der Waals surface area contributed by atoms with Crippen molar-refractivity contribution in [2.75, 3.05) is 5.73 Å². The van der Waals surface area contributed by atoms with Crippen LogP contribution in [0.15, 0.2) is 48.5 Å². The van der Waals surface area contributed by atoms with Crippen LogP contribution in [0.1, 0.15) is 16.1 Å². The SMILES string of the molecule is Cc1ccc(-n2nnc(C(=O)O)c2-c2cccc(N)c2)cc1. The molecule has 0 atom stereocenters. The van der Waals surface area contributed by atoms with E-state index in [1.54, 1.807) is 24.3 Å². The third kappa shape index (κ3) is 2.42. The second kappa shape index (κ2) is 5.33. The van der Waals surface area contributed by atoms with Crippen LogP contribution in [0.25, 0.3) is 16.9 Å². The van der Waals surface area contributed by atoms with E-state index in [4.69, 9.17) is 5.73 Å². The molecule has 0 aliphatic rings. The number of nitrogens with zero attached hydrogens (tertiary/aromatic N) is 3. The maximum absolute atomic E-state index is 11.4. The van der Waals surface area contributed by atoms with Crippen molar-refractivity contribution >= 4 is 11.7 Å². The molecule has 6 nitrogen and oxygen atoms in total. The predicted octanol–water partition coefficient (Wildman–Crippen LogP) is 2.52. The lowest BCUT2D eigenvalue weighted by Crippen LogP contribution is -2.03. The number of hydrogen-bond donors (Lipinski definition) is 2. The van der Waals surface area contributed by atoms with Gasteiger partial charge in [0.15, 0.2) is 5.69 Å². The Morgan fingerprint density at radius 1 is 1.18 bits per heavy atom. The molecule has 6 heteroatoms. The third-order valence-corrected chi connectivity index (χ3v) is 3.31. The fourth-order valence-corrected chi connectivity index (χ4v) is 2.24. The van der Waals surface area contributed by atoms with Crippen molar-refractivity contribution in [1.82, 2.24) is 15.0 Å². The van der Waals surface area contributed by atoms with Gasteiger partial charge in [0, 0.05) is 11.3 Å². The first-order valence-electron chi connectivity index (χ1n) is 6.68. The third-order valence-electron chi connectivity index (χ3n) is 3.31. The van der Waals surface area contributed by atoms with Crippen LogP contribution in [0.5, 0.6) is 0 Å². The number of nitrogens with two attached hydrogens (primary N) is 1. The lowest BCUT2D eigenvalue weighted by molar-refractivity contribution is 0.0691. The summed E-state index contributed by atoms with van der Waals surface area (Å²) in [5.74, 6) is -1.13. The molecule has 3 N–H and O–H groups in total. The number of aromatic nitrogens is 3. The van der Waals surface area contributed by atoms with Gasteiger partial charge in [-0.25, -0.2) is 9.48 Å². The smallest absolute Gasteiger partial charge is 0.358 e. The fourth-order valence-electron chi connectivity index (χ4n) is 2.24. The van der Waals surface area contributed by atoms with Gasteiger partial charge >= 0.3 is 5.97 Å². The van der Waals surface area contributed by atoms with E-state index in [2.05, 4.69) is 10.3 Å². The summed E-state index contributed by atoms with van der Waals surface area (Å²) in [5, 5.41) is 17.1. The zero-order valence-electron chi connectivity index (χ0n) is 11.9. The highest BCUT2D eigenvalue weighted by atomic mass is 16.4. The Morgan fingerprint density at radius 2 is 1.91 bits per heavy atom. The summed E-state index contributed by atoms with van der Waals surface area (Å²) in [6, 6.07) is 14.6. The largest absolute Gasteiger partial charge is 0.476 e. The predicted molar refractivity (Wildman–Crippen MR) is 82.9 cm³/mol. The number of carboxylic acids is 1. The summed E-state index contributed by atoms with van der Waals surface area (Å²) in [5.41, 5.74) is 9.15. The van der Waals surface area contributed by atoms with Crippen molar-refractivity contribution < 1.29 is 9.90 Å². The number of carboxylic acid groups (broad SMARTS) is 1. The van der Waals surface area contributed by atoms with Crippen LogP contribution in [-0.2, 0) is 0 Å². The van der Waals surface area contributed by atoms with Gasteiger partial charge in [-0.3, -0.25) is 0 Å². The van der Waals surface area contributed by atoms with Crippen molar-refractivity contribution in [3.8, 4) is 16.9 Å². The summed E-state index contributed by atoms with van der Waals surface area (Å²) in [4.78, 5) is 11.4. The zero-order valence-corrected chi connectivity index (χ0v) is 11.9. The van der Waals surface area contributed by atoms with Crippen LogP contribution < -0.4 is 5.73 Å². The number of anilines is 1. The van der Waals surface area contributed by atoms with E-state index in [1.807, 2.05) is 31.2 Å². The van der Waals surface area contributed by atoms with E-state index >= 15 is 0 Å². The lowest BCUT2D eigenvalue weighted by atomic mass is 10.1. The van der Waals surface area contributed by atoms with Crippen LogP contribution in [0.3, 0.4) is 0 Å². The molecule has 3 aromatic rings. The molecule has 0 unspecified atom stereocenters. The zero-order chi connectivity index (χ0) is 15.7. The average molecular weight is 294 g/mol. The average Bonchev–Trinajstić information content (AvgIpc) is 2.93. The monoisotopic (exact) mass is 294 g/mol. The van der Waals surface area contributed by atoms with Crippen LogP contribution >= 0.6 is 0 Å². The van der Waals surface area contributed by atoms with Crippen molar-refractivity contribution in [2.24, 2.45) is 0 Å². The molecule has 110 valence electrons. The van der Waals surface area contributed by atoms with Gasteiger partial charge in [-0.2, -0.15) is 0 Å². The molecule has 0 aliphatic carbocycles. The first-order chi connectivity index (χ1) is 10.6. The molecular weight excluding hydrogens is 280 g/mol. The number of aryl methyl sites for hydroxylation is 1. The minimum Gasteiger partial charge on any atom is -0.476 e. The second-order valence-electron chi connectivity index (χ2n) is 4.96. The van der Waals surface area contributed by atoms with E-state index < -0.39 is 5.97 Å². The molecule has 1 heterocycles. The molecule has 22 heavy (non-hydrogen) atoms.